The van der Waals surface area contributed by atoms with Crippen molar-refractivity contribution in [1.29, 1.82) is 0 Å². The molecule has 1 N–H and O–H groups in total. The van der Waals surface area contributed by atoms with Crippen LogP contribution < -0.4 is 26.9 Å². The number of halogens is 1. The number of amides is 1. The average Bonchev–Trinajstić information content (AvgIpc) is 2.94. The SMILES string of the molecule is CN1CCc2nc(NC(=O)CCCC[n+]3ccccc3)sc2C1.[Br-]. The fraction of sp³-hybridized carbons (Fsp3) is 0.471. The molecule has 2 aromatic rings. The molecule has 24 heavy (non-hydrogen) atoms. The molecule has 130 valence electrons. The van der Waals surface area contributed by atoms with E-state index in [0.29, 0.717) is 6.42 Å². The van der Waals surface area contributed by atoms with Gasteiger partial charge in [0.15, 0.2) is 17.5 Å². The molecule has 0 spiro atoms. The van der Waals surface area contributed by atoms with E-state index in [1.165, 1.54) is 4.88 Å². The van der Waals surface area contributed by atoms with Gasteiger partial charge in [0.25, 0.3) is 0 Å². The van der Waals surface area contributed by atoms with Crippen molar-refractivity contribution in [2.24, 2.45) is 0 Å². The molecular weight excluding hydrogens is 388 g/mol. The summed E-state index contributed by atoms with van der Waals surface area (Å²) >= 11 is 1.61. The summed E-state index contributed by atoms with van der Waals surface area (Å²) in [6, 6.07) is 6.05. The van der Waals surface area contributed by atoms with Crippen LogP contribution in [0.4, 0.5) is 5.13 Å². The van der Waals surface area contributed by atoms with Crippen LogP contribution in [0.5, 0.6) is 0 Å². The number of aryl methyl sites for hydroxylation is 1. The van der Waals surface area contributed by atoms with Gasteiger partial charge in [-0.2, -0.15) is 0 Å². The summed E-state index contributed by atoms with van der Waals surface area (Å²) in [4.78, 5) is 20.2. The zero-order valence-corrected chi connectivity index (χ0v) is 16.3. The molecule has 3 rings (SSSR count). The monoisotopic (exact) mass is 410 g/mol. The maximum atomic E-state index is 12.0. The first-order chi connectivity index (χ1) is 11.2. The van der Waals surface area contributed by atoms with Gasteiger partial charge in [0.1, 0.15) is 6.54 Å². The van der Waals surface area contributed by atoms with Gasteiger partial charge in [-0.25, -0.2) is 9.55 Å². The Kier molecular flexibility index (Phi) is 7.33. The number of pyridine rings is 1. The Labute approximate surface area is 157 Å². The summed E-state index contributed by atoms with van der Waals surface area (Å²) < 4.78 is 2.14. The lowest BCUT2D eigenvalue weighted by Gasteiger charge is -2.20. The summed E-state index contributed by atoms with van der Waals surface area (Å²) in [5.74, 6) is 0.0718. The van der Waals surface area contributed by atoms with E-state index in [2.05, 4.69) is 39.2 Å². The van der Waals surface area contributed by atoms with Gasteiger partial charge >= 0.3 is 0 Å². The number of likely N-dealkylation sites (N-methyl/N-ethyl adjacent to an activating group) is 1. The van der Waals surface area contributed by atoms with Gasteiger partial charge in [0, 0.05) is 49.4 Å². The highest BCUT2D eigenvalue weighted by Gasteiger charge is 2.18. The third kappa shape index (κ3) is 5.36. The summed E-state index contributed by atoms with van der Waals surface area (Å²) in [7, 11) is 2.12. The molecule has 0 aromatic carbocycles. The molecule has 2 aromatic heterocycles. The molecule has 1 aliphatic heterocycles. The average molecular weight is 411 g/mol. The number of rotatable bonds is 6. The largest absolute Gasteiger partial charge is 1.00 e. The zero-order valence-electron chi connectivity index (χ0n) is 13.9. The molecule has 0 unspecified atom stereocenters. The normalized spacial score (nSPS) is 13.9. The number of nitrogens with one attached hydrogen (secondary N) is 1. The minimum atomic E-state index is 0. The molecule has 0 saturated carbocycles. The fourth-order valence-electron chi connectivity index (χ4n) is 2.72. The fourth-order valence-corrected chi connectivity index (χ4v) is 3.83. The highest BCUT2D eigenvalue weighted by Crippen LogP contribution is 2.27. The van der Waals surface area contributed by atoms with Crippen LogP contribution in [-0.4, -0.2) is 29.4 Å². The number of carbonyl (C=O) groups is 1. The zero-order chi connectivity index (χ0) is 16.1. The second-order valence-electron chi connectivity index (χ2n) is 6.00. The van der Waals surface area contributed by atoms with Gasteiger partial charge in [-0.3, -0.25) is 4.79 Å². The molecule has 1 aliphatic rings. The van der Waals surface area contributed by atoms with Gasteiger partial charge in [-0.05, 0) is 13.5 Å². The number of anilines is 1. The Hall–Kier alpha value is -1.31. The molecule has 0 atom stereocenters. The molecule has 7 heteroatoms. The number of aromatic nitrogens is 2. The first-order valence-corrected chi connectivity index (χ1v) is 8.93. The Morgan fingerprint density at radius 1 is 1.33 bits per heavy atom. The van der Waals surface area contributed by atoms with Gasteiger partial charge in [0.2, 0.25) is 5.91 Å². The van der Waals surface area contributed by atoms with E-state index in [1.807, 2.05) is 18.2 Å². The van der Waals surface area contributed by atoms with E-state index in [4.69, 9.17) is 0 Å². The highest BCUT2D eigenvalue weighted by molar-refractivity contribution is 7.15. The lowest BCUT2D eigenvalue weighted by Crippen LogP contribution is -3.00. The molecular formula is C17H23BrN4OS. The van der Waals surface area contributed by atoms with Crippen LogP contribution in [0.1, 0.15) is 29.8 Å². The quantitative estimate of drug-likeness (QED) is 0.502. The van der Waals surface area contributed by atoms with Gasteiger partial charge in [-0.1, -0.05) is 6.07 Å². The third-order valence-electron chi connectivity index (χ3n) is 4.02. The topological polar surface area (TPSA) is 49.1 Å². The van der Waals surface area contributed by atoms with Crippen molar-refractivity contribution in [2.75, 3.05) is 18.9 Å². The number of hydrogen-bond acceptors (Lipinski definition) is 4. The van der Waals surface area contributed by atoms with Crippen LogP contribution in [0.15, 0.2) is 30.6 Å². The molecule has 0 radical (unpaired) electrons. The Morgan fingerprint density at radius 2 is 2.12 bits per heavy atom. The molecule has 0 saturated heterocycles. The van der Waals surface area contributed by atoms with E-state index in [0.717, 1.165) is 49.7 Å². The summed E-state index contributed by atoms with van der Waals surface area (Å²) in [6.45, 7) is 2.93. The second kappa shape index (κ2) is 9.25. The van der Waals surface area contributed by atoms with Crippen LogP contribution in [-0.2, 0) is 24.3 Å². The lowest BCUT2D eigenvalue weighted by atomic mass is 10.2. The van der Waals surface area contributed by atoms with E-state index in [-0.39, 0.29) is 22.9 Å². The Balaban J connectivity index is 0.00000208. The Bertz CT molecular complexity index is 662. The molecule has 3 heterocycles. The first-order valence-electron chi connectivity index (χ1n) is 8.12. The maximum Gasteiger partial charge on any atom is 0.226 e. The molecule has 1 amide bonds. The van der Waals surface area contributed by atoms with Crippen molar-refractivity contribution in [2.45, 2.75) is 38.8 Å². The molecule has 0 bridgehead atoms. The van der Waals surface area contributed by atoms with Crippen molar-refractivity contribution < 1.29 is 26.3 Å². The van der Waals surface area contributed by atoms with Crippen molar-refractivity contribution >= 4 is 22.4 Å². The summed E-state index contributed by atoms with van der Waals surface area (Å²) in [6.07, 6.45) is 7.53. The standard InChI is InChI=1S/C17H22N4OS.BrH/c1-20-12-8-14-15(13-20)23-17(18-14)19-16(22)7-3-6-11-21-9-4-2-5-10-21;/h2,4-5,9-10H,3,6-8,11-13H2,1H3;1H. The second-order valence-corrected chi connectivity index (χ2v) is 7.08. The van der Waals surface area contributed by atoms with E-state index < -0.39 is 0 Å². The minimum Gasteiger partial charge on any atom is -1.00 e. The number of hydrogen-bond donors (Lipinski definition) is 1. The van der Waals surface area contributed by atoms with Crippen molar-refractivity contribution in [1.82, 2.24) is 9.88 Å². The van der Waals surface area contributed by atoms with E-state index in [1.54, 1.807) is 11.3 Å². The third-order valence-corrected chi connectivity index (χ3v) is 5.01. The van der Waals surface area contributed by atoms with Gasteiger partial charge in [-0.15, -0.1) is 11.3 Å². The number of thiazole rings is 1. The highest BCUT2D eigenvalue weighted by atomic mass is 79.9. The number of fused-ring (bicyclic) bond motifs is 1. The summed E-state index contributed by atoms with van der Waals surface area (Å²) in [5.41, 5.74) is 1.16. The van der Waals surface area contributed by atoms with E-state index in [9.17, 15) is 4.79 Å². The van der Waals surface area contributed by atoms with Crippen LogP contribution in [0.3, 0.4) is 0 Å². The van der Waals surface area contributed by atoms with Crippen LogP contribution in [0.25, 0.3) is 0 Å². The van der Waals surface area contributed by atoms with Crippen LogP contribution in [0.2, 0.25) is 0 Å². The predicted molar refractivity (Wildman–Crippen MR) is 91.3 cm³/mol. The van der Waals surface area contributed by atoms with Crippen molar-refractivity contribution in [3.05, 3.63) is 41.2 Å². The van der Waals surface area contributed by atoms with Crippen LogP contribution >= 0.6 is 11.3 Å². The van der Waals surface area contributed by atoms with Crippen LogP contribution in [0, 0.1) is 0 Å². The van der Waals surface area contributed by atoms with Gasteiger partial charge in [0.05, 0.1) is 5.69 Å². The maximum absolute atomic E-state index is 12.0. The van der Waals surface area contributed by atoms with E-state index >= 15 is 0 Å². The molecule has 0 fully saturated rings. The number of nitrogens with zero attached hydrogens (tertiary/aromatic N) is 3. The number of unbranched alkanes of at least 4 members (excludes halogenated alkanes) is 1. The van der Waals surface area contributed by atoms with Crippen molar-refractivity contribution in [3.8, 4) is 0 Å². The Morgan fingerprint density at radius 3 is 2.92 bits per heavy atom. The summed E-state index contributed by atoms with van der Waals surface area (Å²) in [5, 5.41) is 3.71. The first kappa shape index (κ1) is 19.0. The predicted octanol–water partition coefficient (Wildman–Crippen LogP) is -0.768. The van der Waals surface area contributed by atoms with Gasteiger partial charge < -0.3 is 27.2 Å². The molecule has 0 aliphatic carbocycles. The smallest absolute Gasteiger partial charge is 0.226 e. The number of carbonyl (C=O) groups excluding carboxylic acids is 1. The van der Waals surface area contributed by atoms with Crippen molar-refractivity contribution in [3.63, 3.8) is 0 Å². The minimum absolute atomic E-state index is 0. The molecule has 5 nitrogen and oxygen atoms in total. The lowest BCUT2D eigenvalue weighted by molar-refractivity contribution is -0.697.